The van der Waals surface area contributed by atoms with E-state index in [1.165, 1.54) is 13.3 Å². The molecule has 4 rings (SSSR count). The fourth-order valence-corrected chi connectivity index (χ4v) is 4.27. The summed E-state index contributed by atoms with van der Waals surface area (Å²) in [6, 6.07) is 9.51. The molecule has 0 amide bonds. The Balaban J connectivity index is 1.41. The molecule has 1 radical (unpaired) electrons. The Morgan fingerprint density at radius 2 is 1.81 bits per heavy atom. The molecule has 179 valence electrons. The van der Waals surface area contributed by atoms with Crippen molar-refractivity contribution < 1.29 is 44.1 Å². The maximum Gasteiger partial charge on any atom is 0.260 e. The molecule has 10 nitrogen and oxygen atoms in total. The SMILES string of the molecule is C[C@@H](O)[C@H]1O[C@@]2(NC[C@H]3O[C@H](OCc4ccccc4)[CH][C@@H](O)[C@@H]3O)OC(C)(C)O[C@@H]2[C@H]1O. The second-order valence-electron chi connectivity index (χ2n) is 8.92. The standard InChI is InChI=1S/C22H32NO9/c1-12(24)19-18(27)20-22(30-19,32-21(2,3)31-20)23-10-15-17(26)14(25)9-16(29-15)28-11-13-7-5-4-6-8-13/h4-9,12,14-20,23-27H,10-11H2,1-3H3/t12-,14-,15-,16+,17+,18+,19-,20-,22-/m1/s1. The molecule has 3 fully saturated rings. The Kier molecular flexibility index (Phi) is 6.91. The Morgan fingerprint density at radius 1 is 1.09 bits per heavy atom. The highest BCUT2D eigenvalue weighted by Gasteiger charge is 2.65. The summed E-state index contributed by atoms with van der Waals surface area (Å²) in [5.41, 5.74) is 0.942. The van der Waals surface area contributed by atoms with E-state index >= 15 is 0 Å². The maximum absolute atomic E-state index is 10.6. The third-order valence-electron chi connectivity index (χ3n) is 5.82. The molecule has 5 N–H and O–H groups in total. The van der Waals surface area contributed by atoms with Gasteiger partial charge in [-0.3, -0.25) is 5.32 Å². The van der Waals surface area contributed by atoms with E-state index in [0.29, 0.717) is 0 Å². The number of aliphatic hydroxyl groups excluding tert-OH is 4. The lowest BCUT2D eigenvalue weighted by Gasteiger charge is -2.38. The summed E-state index contributed by atoms with van der Waals surface area (Å²) >= 11 is 0. The first-order chi connectivity index (χ1) is 15.1. The molecule has 0 aliphatic carbocycles. The first kappa shape index (κ1) is 24.0. The monoisotopic (exact) mass is 454 g/mol. The fourth-order valence-electron chi connectivity index (χ4n) is 4.27. The highest BCUT2D eigenvalue weighted by atomic mass is 16.9. The predicted octanol–water partition coefficient (Wildman–Crippen LogP) is -0.610. The third kappa shape index (κ3) is 4.85. The average Bonchev–Trinajstić information content (AvgIpc) is 3.16. The zero-order valence-electron chi connectivity index (χ0n) is 18.3. The van der Waals surface area contributed by atoms with Crippen molar-refractivity contribution in [2.75, 3.05) is 6.54 Å². The minimum atomic E-state index is -1.56. The van der Waals surface area contributed by atoms with Crippen molar-refractivity contribution in [3.63, 3.8) is 0 Å². The first-order valence-corrected chi connectivity index (χ1v) is 10.8. The zero-order chi connectivity index (χ0) is 23.1. The summed E-state index contributed by atoms with van der Waals surface area (Å²) in [6.07, 6.45) is -6.65. The summed E-state index contributed by atoms with van der Waals surface area (Å²) in [5.74, 6) is -2.61. The summed E-state index contributed by atoms with van der Waals surface area (Å²) in [7, 11) is 0. The van der Waals surface area contributed by atoms with Crippen LogP contribution < -0.4 is 5.32 Å². The molecule has 1 aromatic carbocycles. The molecule has 0 saturated carbocycles. The van der Waals surface area contributed by atoms with Gasteiger partial charge in [-0.2, -0.15) is 0 Å². The quantitative estimate of drug-likeness (QED) is 0.363. The van der Waals surface area contributed by atoms with E-state index in [2.05, 4.69) is 5.32 Å². The zero-order valence-corrected chi connectivity index (χ0v) is 18.3. The number of hydrogen-bond donors (Lipinski definition) is 5. The van der Waals surface area contributed by atoms with Gasteiger partial charge in [-0.15, -0.1) is 0 Å². The molecule has 10 heteroatoms. The van der Waals surface area contributed by atoms with Crippen molar-refractivity contribution in [3.8, 4) is 0 Å². The number of ether oxygens (including phenoxy) is 5. The molecule has 32 heavy (non-hydrogen) atoms. The van der Waals surface area contributed by atoms with E-state index in [4.69, 9.17) is 23.7 Å². The number of benzene rings is 1. The number of hydrogen-bond acceptors (Lipinski definition) is 10. The molecule has 3 aliphatic rings. The van der Waals surface area contributed by atoms with Crippen molar-refractivity contribution in [2.24, 2.45) is 0 Å². The summed E-state index contributed by atoms with van der Waals surface area (Å²) in [6.45, 7) is 5.13. The van der Waals surface area contributed by atoms with Crippen molar-refractivity contribution in [2.45, 2.75) is 88.1 Å². The first-order valence-electron chi connectivity index (χ1n) is 10.8. The van der Waals surface area contributed by atoms with Crippen molar-refractivity contribution in [1.29, 1.82) is 0 Å². The van der Waals surface area contributed by atoms with E-state index in [1.54, 1.807) is 13.8 Å². The van der Waals surface area contributed by atoms with Gasteiger partial charge in [-0.25, -0.2) is 0 Å². The van der Waals surface area contributed by atoms with Gasteiger partial charge in [0.25, 0.3) is 5.91 Å². The van der Waals surface area contributed by atoms with Gasteiger partial charge in [0, 0.05) is 13.0 Å². The van der Waals surface area contributed by atoms with Crippen molar-refractivity contribution in [3.05, 3.63) is 42.3 Å². The smallest absolute Gasteiger partial charge is 0.260 e. The highest BCUT2D eigenvalue weighted by molar-refractivity contribution is 5.13. The van der Waals surface area contributed by atoms with Gasteiger partial charge >= 0.3 is 0 Å². The topological polar surface area (TPSA) is 139 Å². The molecule has 0 unspecified atom stereocenters. The maximum atomic E-state index is 10.6. The second-order valence-corrected chi connectivity index (χ2v) is 8.92. The number of fused-ring (bicyclic) bond motifs is 1. The molecule has 0 bridgehead atoms. The summed E-state index contributed by atoms with van der Waals surface area (Å²) in [4.78, 5) is 0. The van der Waals surface area contributed by atoms with E-state index in [1.807, 2.05) is 30.3 Å². The van der Waals surface area contributed by atoms with Crippen LogP contribution in [0.5, 0.6) is 0 Å². The second kappa shape index (κ2) is 9.22. The van der Waals surface area contributed by atoms with Crippen LogP contribution in [0.15, 0.2) is 30.3 Å². The van der Waals surface area contributed by atoms with Crippen LogP contribution in [0.4, 0.5) is 0 Å². The lowest BCUT2D eigenvalue weighted by molar-refractivity contribution is -0.289. The molecule has 3 heterocycles. The molecule has 0 spiro atoms. The van der Waals surface area contributed by atoms with Crippen LogP contribution in [0.1, 0.15) is 26.3 Å². The van der Waals surface area contributed by atoms with Crippen molar-refractivity contribution in [1.82, 2.24) is 5.32 Å². The van der Waals surface area contributed by atoms with Gasteiger partial charge in [0.2, 0.25) is 0 Å². The summed E-state index contributed by atoms with van der Waals surface area (Å²) < 4.78 is 29.2. The van der Waals surface area contributed by atoms with Crippen molar-refractivity contribution >= 4 is 0 Å². The van der Waals surface area contributed by atoms with Gasteiger partial charge < -0.3 is 44.1 Å². The van der Waals surface area contributed by atoms with Gasteiger partial charge in [0.05, 0.1) is 18.8 Å². The Labute approximate surface area is 187 Å². The highest BCUT2D eigenvalue weighted by Crippen LogP contribution is 2.44. The van der Waals surface area contributed by atoms with Gasteiger partial charge in [-0.1, -0.05) is 30.3 Å². The van der Waals surface area contributed by atoms with Crippen LogP contribution in [0.2, 0.25) is 0 Å². The number of nitrogens with one attached hydrogen (secondary N) is 1. The normalized spacial score (nSPS) is 42.0. The van der Waals surface area contributed by atoms with Crippen LogP contribution in [0, 0.1) is 6.42 Å². The van der Waals surface area contributed by atoms with Gasteiger partial charge in [0.15, 0.2) is 18.2 Å². The minimum absolute atomic E-state index is 0.00749. The molecule has 0 aromatic heterocycles. The fraction of sp³-hybridized carbons (Fsp3) is 0.682. The van der Waals surface area contributed by atoms with Crippen LogP contribution in [0.3, 0.4) is 0 Å². The van der Waals surface area contributed by atoms with E-state index in [0.717, 1.165) is 5.56 Å². The number of rotatable bonds is 7. The van der Waals surface area contributed by atoms with Gasteiger partial charge in [0.1, 0.15) is 24.4 Å². The largest absolute Gasteiger partial charge is 0.391 e. The Morgan fingerprint density at radius 3 is 2.50 bits per heavy atom. The molecule has 9 atom stereocenters. The molecular formula is C22H32NO9. The van der Waals surface area contributed by atoms with Crippen LogP contribution in [0.25, 0.3) is 0 Å². The van der Waals surface area contributed by atoms with E-state index < -0.39 is 60.7 Å². The van der Waals surface area contributed by atoms with Gasteiger partial charge in [-0.05, 0) is 26.3 Å². The molecular weight excluding hydrogens is 422 g/mol. The minimum Gasteiger partial charge on any atom is -0.391 e. The van der Waals surface area contributed by atoms with E-state index in [9.17, 15) is 20.4 Å². The molecule has 3 saturated heterocycles. The number of aliphatic hydroxyl groups is 4. The Hall–Kier alpha value is -1.18. The average molecular weight is 454 g/mol. The lowest BCUT2D eigenvalue weighted by Crippen LogP contribution is -2.59. The van der Waals surface area contributed by atoms with Crippen LogP contribution >= 0.6 is 0 Å². The van der Waals surface area contributed by atoms with Crippen LogP contribution in [-0.2, 0) is 30.3 Å². The molecule has 3 aliphatic heterocycles. The molecule has 1 aromatic rings. The lowest BCUT2D eigenvalue weighted by atomic mass is 10.0. The third-order valence-corrected chi connectivity index (χ3v) is 5.82. The predicted molar refractivity (Wildman–Crippen MR) is 110 cm³/mol. The van der Waals surface area contributed by atoms with Crippen LogP contribution in [-0.4, -0.2) is 87.7 Å². The Bertz CT molecular complexity index is 763. The van der Waals surface area contributed by atoms with E-state index in [-0.39, 0.29) is 13.2 Å². The summed E-state index contributed by atoms with van der Waals surface area (Å²) in [5, 5.41) is 44.3.